The Kier molecular flexibility index (Phi) is 8.75. The van der Waals surface area contributed by atoms with E-state index >= 15 is 0 Å². The molecule has 1 fully saturated rings. The van der Waals surface area contributed by atoms with E-state index in [9.17, 15) is 14.7 Å². The second-order valence-corrected chi connectivity index (χ2v) is 12.6. The third-order valence-electron chi connectivity index (χ3n) is 7.42. The van der Waals surface area contributed by atoms with Crippen LogP contribution in [0, 0.1) is 11.3 Å². The van der Waals surface area contributed by atoms with Gasteiger partial charge in [0.15, 0.2) is 5.78 Å². The van der Waals surface area contributed by atoms with E-state index in [-0.39, 0.29) is 53.3 Å². The molecule has 0 radical (unpaired) electrons. The minimum absolute atomic E-state index is 0.0603. The van der Waals surface area contributed by atoms with Gasteiger partial charge in [-0.1, -0.05) is 79.2 Å². The Balaban J connectivity index is 1.95. The molecule has 2 unspecified atom stereocenters. The van der Waals surface area contributed by atoms with Gasteiger partial charge < -0.3 is 14.7 Å². The first-order chi connectivity index (χ1) is 17.6. The number of esters is 1. The Bertz CT molecular complexity index is 1170. The first kappa shape index (κ1) is 29.4. The molecule has 0 amide bonds. The topological polar surface area (TPSA) is 90.7 Å². The van der Waals surface area contributed by atoms with E-state index < -0.39 is 0 Å². The number of ketones is 1. The first-order valence-corrected chi connectivity index (χ1v) is 13.6. The third kappa shape index (κ3) is 6.46. The Morgan fingerprint density at radius 2 is 1.63 bits per heavy atom. The Hall–Kier alpha value is -3.15. The molecule has 1 saturated heterocycles. The molecule has 6 heteroatoms. The third-order valence-corrected chi connectivity index (χ3v) is 7.42. The maximum absolute atomic E-state index is 13.7. The lowest BCUT2D eigenvalue weighted by atomic mass is 9.78. The number of phenols is 1. The van der Waals surface area contributed by atoms with Crippen LogP contribution >= 0.6 is 0 Å². The van der Waals surface area contributed by atoms with Crippen molar-refractivity contribution < 1.29 is 19.4 Å². The number of ether oxygens (including phenoxy) is 1. The average Bonchev–Trinajstić information content (AvgIpc) is 3.11. The van der Waals surface area contributed by atoms with E-state index in [2.05, 4.69) is 6.92 Å². The zero-order valence-corrected chi connectivity index (χ0v) is 24.3. The smallest absolute Gasteiger partial charge is 0.302 e. The number of carbonyl (C=O) groups excluding carboxylic acids is 2. The first-order valence-electron chi connectivity index (χ1n) is 13.6. The molecule has 0 aliphatic carbocycles. The Labute approximate surface area is 227 Å². The fourth-order valence-corrected chi connectivity index (χ4v) is 5.44. The number of aromatic hydroxyl groups is 1. The molecule has 2 aromatic carbocycles. The van der Waals surface area contributed by atoms with Crippen LogP contribution in [0.2, 0.25) is 0 Å². The number of carbonyl (C=O) groups is 2. The number of Topliss-reactive ketones (excluding diaryl/α,β-unsaturated/α-hetero) is 1. The quantitative estimate of drug-likeness (QED) is 0.298. The van der Waals surface area contributed by atoms with Crippen molar-refractivity contribution in [1.82, 2.24) is 4.90 Å². The molecule has 0 aromatic heterocycles. The van der Waals surface area contributed by atoms with Crippen LogP contribution in [0.3, 0.4) is 0 Å². The van der Waals surface area contributed by atoms with Crippen LogP contribution in [0.1, 0.15) is 107 Å². The van der Waals surface area contributed by atoms with Crippen molar-refractivity contribution in [2.75, 3.05) is 13.1 Å². The van der Waals surface area contributed by atoms with E-state index in [0.717, 1.165) is 35.1 Å². The van der Waals surface area contributed by atoms with Gasteiger partial charge in [-0.3, -0.25) is 15.0 Å². The maximum atomic E-state index is 13.7. The van der Waals surface area contributed by atoms with Gasteiger partial charge in [0.05, 0.1) is 6.54 Å². The molecule has 1 heterocycles. The molecule has 0 saturated carbocycles. The van der Waals surface area contributed by atoms with Crippen molar-refractivity contribution in [2.24, 2.45) is 5.92 Å². The van der Waals surface area contributed by atoms with Crippen molar-refractivity contribution in [1.29, 1.82) is 5.41 Å². The van der Waals surface area contributed by atoms with Gasteiger partial charge in [0.2, 0.25) is 0 Å². The highest BCUT2D eigenvalue weighted by atomic mass is 16.5. The summed E-state index contributed by atoms with van der Waals surface area (Å²) >= 11 is 0. The summed E-state index contributed by atoms with van der Waals surface area (Å²) < 4.78 is 5.30. The molecule has 38 heavy (non-hydrogen) atoms. The van der Waals surface area contributed by atoms with Crippen LogP contribution in [0.5, 0.6) is 5.75 Å². The van der Waals surface area contributed by atoms with Gasteiger partial charge in [0.25, 0.3) is 0 Å². The monoisotopic (exact) mass is 520 g/mol. The van der Waals surface area contributed by atoms with E-state index in [1.165, 1.54) is 6.92 Å². The highest BCUT2D eigenvalue weighted by Crippen LogP contribution is 2.41. The minimum Gasteiger partial charge on any atom is -0.507 e. The molecule has 2 atom stereocenters. The molecular weight excluding hydrogens is 476 g/mol. The molecule has 206 valence electrons. The maximum Gasteiger partial charge on any atom is 0.302 e. The van der Waals surface area contributed by atoms with Crippen molar-refractivity contribution in [3.05, 3.63) is 64.2 Å². The lowest BCUT2D eigenvalue weighted by Gasteiger charge is -2.28. The van der Waals surface area contributed by atoms with E-state index in [1.54, 1.807) is 0 Å². The lowest BCUT2D eigenvalue weighted by molar-refractivity contribution is -0.142. The predicted molar refractivity (Wildman–Crippen MR) is 152 cm³/mol. The average molecular weight is 521 g/mol. The second-order valence-electron chi connectivity index (χ2n) is 12.6. The van der Waals surface area contributed by atoms with E-state index in [4.69, 9.17) is 10.1 Å². The van der Waals surface area contributed by atoms with E-state index in [0.29, 0.717) is 17.9 Å². The Morgan fingerprint density at radius 1 is 1.05 bits per heavy atom. The molecule has 3 rings (SSSR count). The fourth-order valence-electron chi connectivity index (χ4n) is 5.44. The summed E-state index contributed by atoms with van der Waals surface area (Å²) in [5.74, 6) is 0.311. The highest BCUT2D eigenvalue weighted by molar-refractivity contribution is 6.01. The number of nitrogens with one attached hydrogen (secondary N) is 1. The SMILES string of the molecule is CCCC1CN(CC(=O)c2cc(C(C)(C)C)c(O)c(C(C)(C)C)c2)C(=N)C1c1ccccc1COC(C)=O. The number of nitrogens with zero attached hydrogens (tertiary/aromatic N) is 1. The zero-order valence-electron chi connectivity index (χ0n) is 24.3. The van der Waals surface area contributed by atoms with Crippen molar-refractivity contribution in [2.45, 2.75) is 91.6 Å². The molecule has 0 bridgehead atoms. The van der Waals surface area contributed by atoms with Crippen LogP contribution in [-0.4, -0.2) is 40.7 Å². The molecule has 1 aliphatic rings. The van der Waals surface area contributed by atoms with Gasteiger partial charge >= 0.3 is 5.97 Å². The minimum atomic E-state index is -0.336. The summed E-state index contributed by atoms with van der Waals surface area (Å²) in [6, 6.07) is 11.5. The van der Waals surface area contributed by atoms with E-state index in [1.807, 2.05) is 82.8 Å². The second kappa shape index (κ2) is 11.3. The fraction of sp³-hybridized carbons (Fsp3) is 0.531. The number of amidine groups is 1. The van der Waals surface area contributed by atoms with Crippen LogP contribution in [-0.2, 0) is 27.0 Å². The molecule has 2 aromatic rings. The van der Waals surface area contributed by atoms with Crippen LogP contribution in [0.25, 0.3) is 0 Å². The molecule has 6 nitrogen and oxygen atoms in total. The number of hydrogen-bond donors (Lipinski definition) is 2. The summed E-state index contributed by atoms with van der Waals surface area (Å²) in [6.45, 7) is 16.6. The Morgan fingerprint density at radius 3 is 2.16 bits per heavy atom. The van der Waals surface area contributed by atoms with Gasteiger partial charge in [-0.15, -0.1) is 0 Å². The predicted octanol–water partition coefficient (Wildman–Crippen LogP) is 6.73. The molecule has 1 aliphatic heterocycles. The van der Waals surface area contributed by atoms with Gasteiger partial charge in [0, 0.05) is 36.1 Å². The zero-order chi connectivity index (χ0) is 28.4. The summed E-state index contributed by atoms with van der Waals surface area (Å²) in [5.41, 5.74) is 3.30. The number of rotatable bonds is 8. The summed E-state index contributed by atoms with van der Waals surface area (Å²) in [7, 11) is 0. The van der Waals surface area contributed by atoms with Crippen molar-refractivity contribution in [3.8, 4) is 5.75 Å². The largest absolute Gasteiger partial charge is 0.507 e. The summed E-state index contributed by atoms with van der Waals surface area (Å²) in [6.07, 6.45) is 1.91. The molecule has 2 N–H and O–H groups in total. The lowest BCUT2D eigenvalue weighted by Crippen LogP contribution is -2.32. The number of hydrogen-bond acceptors (Lipinski definition) is 5. The standard InChI is InChI=1S/C32H44N2O4/c1-9-12-21-17-34(30(33)28(21)24-14-11-10-13-22(24)19-38-20(2)35)18-27(36)23-15-25(31(3,4)5)29(37)26(16-23)32(6,7)8/h10-11,13-16,21,28,33,37H,9,12,17-19H2,1-8H3. The van der Waals surface area contributed by atoms with Gasteiger partial charge in [0.1, 0.15) is 18.2 Å². The molecule has 0 spiro atoms. The van der Waals surface area contributed by atoms with Crippen LogP contribution in [0.4, 0.5) is 0 Å². The van der Waals surface area contributed by atoms with Crippen molar-refractivity contribution in [3.63, 3.8) is 0 Å². The summed E-state index contributed by atoms with van der Waals surface area (Å²) in [5, 5.41) is 20.2. The van der Waals surface area contributed by atoms with Gasteiger partial charge in [-0.25, -0.2) is 0 Å². The molecular formula is C32H44N2O4. The number of benzene rings is 2. The highest BCUT2D eigenvalue weighted by Gasteiger charge is 2.40. The van der Waals surface area contributed by atoms with Gasteiger partial charge in [-0.05, 0) is 46.4 Å². The van der Waals surface area contributed by atoms with Crippen LogP contribution < -0.4 is 0 Å². The van der Waals surface area contributed by atoms with Gasteiger partial charge in [-0.2, -0.15) is 0 Å². The normalized spacial score (nSPS) is 18.1. The van der Waals surface area contributed by atoms with Crippen LogP contribution in [0.15, 0.2) is 36.4 Å². The number of phenolic OH excluding ortho intramolecular Hbond substituents is 1. The number of likely N-dealkylation sites (tertiary alicyclic amines) is 1. The van der Waals surface area contributed by atoms with Crippen molar-refractivity contribution >= 4 is 17.6 Å². The summed E-state index contributed by atoms with van der Waals surface area (Å²) in [4.78, 5) is 27.0.